The molecule has 5 heteroatoms. The third-order valence-corrected chi connectivity index (χ3v) is 3.23. The second-order valence-electron chi connectivity index (χ2n) is 3.87. The van der Waals surface area contributed by atoms with Gasteiger partial charge in [0.15, 0.2) is 0 Å². The van der Waals surface area contributed by atoms with Crippen LogP contribution in [0.1, 0.15) is 23.7 Å². The fourth-order valence-corrected chi connectivity index (χ4v) is 1.96. The van der Waals surface area contributed by atoms with Crippen LogP contribution in [0.15, 0.2) is 18.2 Å². The summed E-state index contributed by atoms with van der Waals surface area (Å²) < 4.78 is 0. The van der Waals surface area contributed by atoms with Crippen LogP contribution >= 0.6 is 23.4 Å². The van der Waals surface area contributed by atoms with Crippen LogP contribution in [0.4, 0.5) is 5.69 Å². The van der Waals surface area contributed by atoms with E-state index in [9.17, 15) is 4.79 Å². The van der Waals surface area contributed by atoms with Gasteiger partial charge in [0.2, 0.25) is 0 Å². The highest BCUT2D eigenvalue weighted by Gasteiger charge is 2.11. The zero-order chi connectivity index (χ0) is 13.4. The van der Waals surface area contributed by atoms with Crippen molar-refractivity contribution in [1.82, 2.24) is 5.32 Å². The molecule has 0 radical (unpaired) electrons. The number of benzene rings is 1. The van der Waals surface area contributed by atoms with E-state index in [-0.39, 0.29) is 5.91 Å². The van der Waals surface area contributed by atoms with Gasteiger partial charge < -0.3 is 10.6 Å². The Balaban J connectivity index is 2.76. The van der Waals surface area contributed by atoms with E-state index < -0.39 is 0 Å². The summed E-state index contributed by atoms with van der Waals surface area (Å²) in [6.07, 6.45) is 3.02. The lowest BCUT2D eigenvalue weighted by molar-refractivity contribution is 0.0957. The Kier molecular flexibility index (Phi) is 6.98. The molecule has 0 saturated heterocycles. The summed E-state index contributed by atoms with van der Waals surface area (Å²) in [4.78, 5) is 12.0. The molecule has 0 atom stereocenters. The Morgan fingerprint density at radius 3 is 2.83 bits per heavy atom. The number of anilines is 1. The first-order valence-corrected chi connectivity index (χ1v) is 7.76. The summed E-state index contributed by atoms with van der Waals surface area (Å²) >= 11 is 7.65. The number of carbonyl (C=O) groups is 1. The van der Waals surface area contributed by atoms with Crippen LogP contribution in [0.5, 0.6) is 0 Å². The normalized spacial score (nSPS) is 10.2. The predicted molar refractivity (Wildman–Crippen MR) is 80.9 cm³/mol. The van der Waals surface area contributed by atoms with E-state index >= 15 is 0 Å². The van der Waals surface area contributed by atoms with E-state index in [1.807, 2.05) is 12.3 Å². The molecule has 1 amide bonds. The quantitative estimate of drug-likeness (QED) is 0.756. The van der Waals surface area contributed by atoms with Crippen LogP contribution in [-0.4, -0.2) is 31.0 Å². The average molecular weight is 287 g/mol. The molecule has 2 N–H and O–H groups in total. The molecule has 0 aliphatic heterocycles. The van der Waals surface area contributed by atoms with Crippen molar-refractivity contribution in [3.63, 3.8) is 0 Å². The van der Waals surface area contributed by atoms with Gasteiger partial charge in [-0.3, -0.25) is 4.79 Å². The number of hydrogen-bond donors (Lipinski definition) is 2. The summed E-state index contributed by atoms with van der Waals surface area (Å²) in [7, 11) is 0. The van der Waals surface area contributed by atoms with Gasteiger partial charge in [-0.25, -0.2) is 0 Å². The largest absolute Gasteiger partial charge is 0.384 e. The van der Waals surface area contributed by atoms with Crippen molar-refractivity contribution in [2.45, 2.75) is 13.3 Å². The minimum absolute atomic E-state index is 0.0786. The Bertz CT molecular complexity index is 399. The van der Waals surface area contributed by atoms with Crippen LogP contribution in [0, 0.1) is 0 Å². The molecule has 0 heterocycles. The van der Waals surface area contributed by atoms with E-state index in [4.69, 9.17) is 11.6 Å². The van der Waals surface area contributed by atoms with Crippen molar-refractivity contribution < 1.29 is 4.79 Å². The summed E-state index contributed by atoms with van der Waals surface area (Å²) in [6.45, 7) is 3.59. The lowest BCUT2D eigenvalue weighted by atomic mass is 10.1. The monoisotopic (exact) mass is 286 g/mol. The highest BCUT2D eigenvalue weighted by Crippen LogP contribution is 2.20. The molecule has 1 rings (SSSR count). The van der Waals surface area contributed by atoms with Crippen molar-refractivity contribution in [1.29, 1.82) is 0 Å². The van der Waals surface area contributed by atoms with Gasteiger partial charge in [-0.1, -0.05) is 18.5 Å². The molecule has 3 nitrogen and oxygen atoms in total. The molecule has 0 aliphatic carbocycles. The van der Waals surface area contributed by atoms with Gasteiger partial charge in [0.25, 0.3) is 5.91 Å². The van der Waals surface area contributed by atoms with Crippen molar-refractivity contribution in [3.05, 3.63) is 28.8 Å². The minimum Gasteiger partial charge on any atom is -0.384 e. The lowest BCUT2D eigenvalue weighted by Crippen LogP contribution is -2.26. The topological polar surface area (TPSA) is 41.1 Å². The molecule has 0 saturated carbocycles. The SMILES string of the molecule is CCCNc1ccc(Cl)cc1C(=O)NCCSC. The maximum atomic E-state index is 12.0. The van der Waals surface area contributed by atoms with E-state index in [2.05, 4.69) is 17.6 Å². The molecule has 0 aliphatic rings. The average Bonchev–Trinajstić information content (AvgIpc) is 2.37. The molecule has 1 aromatic carbocycles. The molecular formula is C13H19ClN2OS. The van der Waals surface area contributed by atoms with Gasteiger partial charge >= 0.3 is 0 Å². The zero-order valence-corrected chi connectivity index (χ0v) is 12.3. The highest BCUT2D eigenvalue weighted by molar-refractivity contribution is 7.98. The standard InChI is InChI=1S/C13H19ClN2OS/c1-3-6-15-12-5-4-10(14)9-11(12)13(17)16-7-8-18-2/h4-5,9,15H,3,6-8H2,1-2H3,(H,16,17). The first-order chi connectivity index (χ1) is 8.69. The van der Waals surface area contributed by atoms with Crippen LogP contribution in [0.3, 0.4) is 0 Å². The van der Waals surface area contributed by atoms with E-state index in [0.717, 1.165) is 24.4 Å². The van der Waals surface area contributed by atoms with Gasteiger partial charge in [-0.15, -0.1) is 0 Å². The van der Waals surface area contributed by atoms with E-state index in [0.29, 0.717) is 17.1 Å². The summed E-state index contributed by atoms with van der Waals surface area (Å²) in [5.74, 6) is 0.828. The highest BCUT2D eigenvalue weighted by atomic mass is 35.5. The maximum Gasteiger partial charge on any atom is 0.253 e. The lowest BCUT2D eigenvalue weighted by Gasteiger charge is -2.12. The number of nitrogens with one attached hydrogen (secondary N) is 2. The Hall–Kier alpha value is -0.870. The van der Waals surface area contributed by atoms with Gasteiger partial charge in [-0.05, 0) is 30.9 Å². The van der Waals surface area contributed by atoms with Gasteiger partial charge in [0.1, 0.15) is 0 Å². The first kappa shape index (κ1) is 15.2. The second-order valence-corrected chi connectivity index (χ2v) is 5.29. The molecule has 0 fully saturated rings. The first-order valence-electron chi connectivity index (χ1n) is 5.99. The Morgan fingerprint density at radius 1 is 1.39 bits per heavy atom. The zero-order valence-electron chi connectivity index (χ0n) is 10.8. The molecular weight excluding hydrogens is 268 g/mol. The Labute approximate surface area is 118 Å². The minimum atomic E-state index is -0.0786. The third kappa shape index (κ3) is 4.78. The molecule has 18 heavy (non-hydrogen) atoms. The van der Waals surface area contributed by atoms with E-state index in [1.165, 1.54) is 0 Å². The van der Waals surface area contributed by atoms with Crippen molar-refractivity contribution in [2.24, 2.45) is 0 Å². The molecule has 0 unspecified atom stereocenters. The van der Waals surface area contributed by atoms with Gasteiger partial charge in [0.05, 0.1) is 5.56 Å². The molecule has 0 aromatic heterocycles. The van der Waals surface area contributed by atoms with Crippen LogP contribution in [-0.2, 0) is 0 Å². The third-order valence-electron chi connectivity index (χ3n) is 2.38. The fraction of sp³-hybridized carbons (Fsp3) is 0.462. The van der Waals surface area contributed by atoms with Gasteiger partial charge in [0, 0.05) is 29.6 Å². The number of carbonyl (C=O) groups excluding carboxylic acids is 1. The number of amides is 1. The number of halogens is 1. The van der Waals surface area contributed by atoms with Gasteiger partial charge in [-0.2, -0.15) is 11.8 Å². The van der Waals surface area contributed by atoms with Crippen molar-refractivity contribution >= 4 is 35.0 Å². The molecule has 100 valence electrons. The molecule has 0 bridgehead atoms. The van der Waals surface area contributed by atoms with Crippen molar-refractivity contribution in [2.75, 3.05) is 30.4 Å². The summed E-state index contributed by atoms with van der Waals surface area (Å²) in [5, 5.41) is 6.70. The second kappa shape index (κ2) is 8.27. The van der Waals surface area contributed by atoms with Crippen LogP contribution < -0.4 is 10.6 Å². The van der Waals surface area contributed by atoms with Crippen LogP contribution in [0.2, 0.25) is 5.02 Å². The number of rotatable bonds is 7. The fourth-order valence-electron chi connectivity index (χ4n) is 1.48. The van der Waals surface area contributed by atoms with Crippen LogP contribution in [0.25, 0.3) is 0 Å². The number of hydrogen-bond acceptors (Lipinski definition) is 3. The predicted octanol–water partition coefficient (Wildman–Crippen LogP) is 3.25. The maximum absolute atomic E-state index is 12.0. The smallest absolute Gasteiger partial charge is 0.253 e. The Morgan fingerprint density at radius 2 is 2.17 bits per heavy atom. The summed E-state index contributed by atoms with van der Waals surface area (Å²) in [6, 6.07) is 5.34. The summed E-state index contributed by atoms with van der Waals surface area (Å²) in [5.41, 5.74) is 1.44. The molecule has 0 spiro atoms. The molecule has 1 aromatic rings. The van der Waals surface area contributed by atoms with E-state index in [1.54, 1.807) is 23.9 Å². The van der Waals surface area contributed by atoms with Crippen molar-refractivity contribution in [3.8, 4) is 0 Å². The number of thioether (sulfide) groups is 1.